The predicted molar refractivity (Wildman–Crippen MR) is 71.2 cm³/mol. The van der Waals surface area contributed by atoms with E-state index in [0.29, 0.717) is 5.25 Å². The van der Waals surface area contributed by atoms with Crippen LogP contribution in [0.25, 0.3) is 0 Å². The number of nitrogens with two attached hydrogens (primary N) is 1. The maximum Gasteiger partial charge on any atom is 0.124 e. The van der Waals surface area contributed by atoms with E-state index in [1.54, 1.807) is 7.11 Å². The Morgan fingerprint density at radius 3 is 2.56 bits per heavy atom. The van der Waals surface area contributed by atoms with Crippen molar-refractivity contribution in [1.29, 1.82) is 0 Å². The van der Waals surface area contributed by atoms with Gasteiger partial charge in [0.15, 0.2) is 0 Å². The summed E-state index contributed by atoms with van der Waals surface area (Å²) in [5, 5.41) is 0.601. The van der Waals surface area contributed by atoms with Crippen molar-refractivity contribution in [2.24, 2.45) is 5.73 Å². The standard InChI is InChI=1S/C13H21NOS/c1-5-9(2)16-12-8-6-7-11(15-4)13(12)10(3)14/h6-10H,5,14H2,1-4H3/t9?,10-/m1/s1. The zero-order valence-electron chi connectivity index (χ0n) is 10.5. The van der Waals surface area contributed by atoms with Crippen molar-refractivity contribution in [3.05, 3.63) is 23.8 Å². The van der Waals surface area contributed by atoms with Crippen LogP contribution in [0.3, 0.4) is 0 Å². The predicted octanol–water partition coefficient (Wildman–Crippen LogP) is 3.61. The summed E-state index contributed by atoms with van der Waals surface area (Å²) in [6.07, 6.45) is 1.15. The molecule has 1 rings (SSSR count). The maximum absolute atomic E-state index is 6.01. The van der Waals surface area contributed by atoms with Crippen LogP contribution in [-0.4, -0.2) is 12.4 Å². The Bertz CT molecular complexity index is 339. The fourth-order valence-corrected chi connectivity index (χ4v) is 2.72. The van der Waals surface area contributed by atoms with Gasteiger partial charge in [-0.05, 0) is 25.5 Å². The molecule has 2 N–H and O–H groups in total. The lowest BCUT2D eigenvalue weighted by atomic mass is 10.1. The molecule has 2 nitrogen and oxygen atoms in total. The van der Waals surface area contributed by atoms with Crippen LogP contribution in [0.1, 0.15) is 38.8 Å². The molecule has 2 atom stereocenters. The van der Waals surface area contributed by atoms with Gasteiger partial charge in [0.05, 0.1) is 7.11 Å². The summed E-state index contributed by atoms with van der Waals surface area (Å²) in [5.74, 6) is 0.892. The number of benzene rings is 1. The first-order valence-electron chi connectivity index (χ1n) is 5.69. The molecule has 90 valence electrons. The van der Waals surface area contributed by atoms with E-state index in [-0.39, 0.29) is 6.04 Å². The molecule has 0 fully saturated rings. The van der Waals surface area contributed by atoms with E-state index in [2.05, 4.69) is 19.9 Å². The average molecular weight is 239 g/mol. The first-order valence-corrected chi connectivity index (χ1v) is 6.57. The van der Waals surface area contributed by atoms with Gasteiger partial charge in [0, 0.05) is 21.8 Å². The van der Waals surface area contributed by atoms with Crippen LogP contribution in [0.4, 0.5) is 0 Å². The summed E-state index contributed by atoms with van der Waals surface area (Å²) < 4.78 is 5.37. The SMILES string of the molecule is CCC(C)Sc1cccc(OC)c1[C@@H](C)N. The third kappa shape index (κ3) is 3.16. The van der Waals surface area contributed by atoms with Crippen LogP contribution < -0.4 is 10.5 Å². The second kappa shape index (κ2) is 6.16. The van der Waals surface area contributed by atoms with Crippen molar-refractivity contribution in [3.63, 3.8) is 0 Å². The van der Waals surface area contributed by atoms with Crippen molar-refractivity contribution in [2.75, 3.05) is 7.11 Å². The molecule has 0 saturated carbocycles. The minimum Gasteiger partial charge on any atom is -0.496 e. The van der Waals surface area contributed by atoms with Crippen LogP contribution in [-0.2, 0) is 0 Å². The number of ether oxygens (including phenoxy) is 1. The van der Waals surface area contributed by atoms with E-state index < -0.39 is 0 Å². The summed E-state index contributed by atoms with van der Waals surface area (Å²) in [4.78, 5) is 1.24. The molecule has 0 amide bonds. The summed E-state index contributed by atoms with van der Waals surface area (Å²) in [5.41, 5.74) is 7.14. The van der Waals surface area contributed by atoms with Gasteiger partial charge in [-0.25, -0.2) is 0 Å². The Balaban J connectivity index is 3.07. The molecule has 0 saturated heterocycles. The zero-order valence-corrected chi connectivity index (χ0v) is 11.3. The van der Waals surface area contributed by atoms with E-state index in [0.717, 1.165) is 17.7 Å². The zero-order chi connectivity index (χ0) is 12.1. The molecule has 0 spiro atoms. The number of rotatable bonds is 5. The molecular weight excluding hydrogens is 218 g/mol. The molecule has 0 aromatic heterocycles. The van der Waals surface area contributed by atoms with Gasteiger partial charge in [0.1, 0.15) is 5.75 Å². The highest BCUT2D eigenvalue weighted by Gasteiger charge is 2.14. The van der Waals surface area contributed by atoms with E-state index in [4.69, 9.17) is 10.5 Å². The number of hydrogen-bond acceptors (Lipinski definition) is 3. The lowest BCUT2D eigenvalue weighted by molar-refractivity contribution is 0.405. The fraction of sp³-hybridized carbons (Fsp3) is 0.538. The van der Waals surface area contributed by atoms with Crippen molar-refractivity contribution in [3.8, 4) is 5.75 Å². The van der Waals surface area contributed by atoms with Gasteiger partial charge in [-0.1, -0.05) is 19.9 Å². The molecule has 0 radical (unpaired) electrons. The molecule has 0 aliphatic heterocycles. The van der Waals surface area contributed by atoms with Crippen LogP contribution in [0.5, 0.6) is 5.75 Å². The lowest BCUT2D eigenvalue weighted by Gasteiger charge is -2.18. The minimum absolute atomic E-state index is 0.00251. The van der Waals surface area contributed by atoms with Crippen LogP contribution in [0, 0.1) is 0 Å². The number of thioether (sulfide) groups is 1. The largest absolute Gasteiger partial charge is 0.496 e. The normalized spacial score (nSPS) is 14.6. The molecule has 1 aromatic rings. The first kappa shape index (κ1) is 13.4. The van der Waals surface area contributed by atoms with Gasteiger partial charge in [-0.3, -0.25) is 0 Å². The Kier molecular flexibility index (Phi) is 5.16. The first-order chi connectivity index (χ1) is 7.60. The van der Waals surface area contributed by atoms with E-state index >= 15 is 0 Å². The molecule has 0 bridgehead atoms. The molecule has 0 aliphatic carbocycles. The van der Waals surface area contributed by atoms with Crippen LogP contribution >= 0.6 is 11.8 Å². The third-order valence-corrected chi connectivity index (χ3v) is 3.95. The Morgan fingerprint density at radius 1 is 1.38 bits per heavy atom. The Hall–Kier alpha value is -0.670. The number of methoxy groups -OCH3 is 1. The van der Waals surface area contributed by atoms with E-state index in [9.17, 15) is 0 Å². The van der Waals surface area contributed by atoms with Gasteiger partial charge >= 0.3 is 0 Å². The highest BCUT2D eigenvalue weighted by molar-refractivity contribution is 8.00. The monoisotopic (exact) mass is 239 g/mol. The lowest BCUT2D eigenvalue weighted by Crippen LogP contribution is -2.09. The molecule has 3 heteroatoms. The molecule has 0 aliphatic rings. The van der Waals surface area contributed by atoms with Gasteiger partial charge < -0.3 is 10.5 Å². The second-order valence-electron chi connectivity index (χ2n) is 4.00. The topological polar surface area (TPSA) is 35.2 Å². The van der Waals surface area contributed by atoms with Gasteiger partial charge in [0.25, 0.3) is 0 Å². The maximum atomic E-state index is 6.01. The van der Waals surface area contributed by atoms with E-state index in [1.807, 2.05) is 30.8 Å². The minimum atomic E-state index is 0.00251. The van der Waals surface area contributed by atoms with Gasteiger partial charge in [0.2, 0.25) is 0 Å². The Labute approximate surface area is 103 Å². The summed E-state index contributed by atoms with van der Waals surface area (Å²) in [7, 11) is 1.69. The van der Waals surface area contributed by atoms with Gasteiger partial charge in [-0.15, -0.1) is 11.8 Å². The van der Waals surface area contributed by atoms with Crippen molar-refractivity contribution < 1.29 is 4.74 Å². The molecule has 1 unspecified atom stereocenters. The van der Waals surface area contributed by atoms with Crippen LogP contribution in [0.15, 0.2) is 23.1 Å². The fourth-order valence-electron chi connectivity index (χ4n) is 1.55. The van der Waals surface area contributed by atoms with Crippen molar-refractivity contribution in [1.82, 2.24) is 0 Å². The number of hydrogen-bond donors (Lipinski definition) is 1. The smallest absolute Gasteiger partial charge is 0.124 e. The highest BCUT2D eigenvalue weighted by atomic mass is 32.2. The molecule has 1 aromatic carbocycles. The van der Waals surface area contributed by atoms with Gasteiger partial charge in [-0.2, -0.15) is 0 Å². The summed E-state index contributed by atoms with van der Waals surface area (Å²) in [6.45, 7) is 6.43. The van der Waals surface area contributed by atoms with Crippen molar-refractivity contribution >= 4 is 11.8 Å². The Morgan fingerprint density at radius 2 is 2.06 bits per heavy atom. The summed E-state index contributed by atoms with van der Waals surface area (Å²) >= 11 is 1.87. The second-order valence-corrected chi connectivity index (χ2v) is 5.48. The van der Waals surface area contributed by atoms with E-state index in [1.165, 1.54) is 4.90 Å². The summed E-state index contributed by atoms with van der Waals surface area (Å²) in [6, 6.07) is 6.12. The molecule has 0 heterocycles. The average Bonchev–Trinajstić information content (AvgIpc) is 2.28. The quantitative estimate of drug-likeness (QED) is 0.797. The van der Waals surface area contributed by atoms with Crippen molar-refractivity contribution in [2.45, 2.75) is 43.4 Å². The molecular formula is C13H21NOS. The third-order valence-electron chi connectivity index (χ3n) is 2.60. The van der Waals surface area contributed by atoms with Crippen LogP contribution in [0.2, 0.25) is 0 Å². The molecule has 16 heavy (non-hydrogen) atoms. The highest BCUT2D eigenvalue weighted by Crippen LogP contribution is 2.36.